The van der Waals surface area contributed by atoms with Crippen molar-refractivity contribution in [2.75, 3.05) is 0 Å². The number of hydrogen-bond donors (Lipinski definition) is 1. The molecule has 0 amide bonds. The summed E-state index contributed by atoms with van der Waals surface area (Å²) >= 11 is 0.825. The first-order valence-electron chi connectivity index (χ1n) is 5.31. The highest BCUT2D eigenvalue weighted by Gasteiger charge is 2.30. The van der Waals surface area contributed by atoms with E-state index < -0.39 is 24.0 Å². The zero-order chi connectivity index (χ0) is 14.1. The summed E-state index contributed by atoms with van der Waals surface area (Å²) in [6.45, 7) is 5.34. The molecule has 0 saturated heterocycles. The normalized spacial score (nSPS) is 12.8. The average molecular weight is 281 g/mol. The van der Waals surface area contributed by atoms with Crippen LogP contribution in [-0.4, -0.2) is 22.2 Å². The van der Waals surface area contributed by atoms with Crippen LogP contribution in [0.4, 0.5) is 13.2 Å². The maximum atomic E-state index is 12.1. The molecule has 1 N–H and O–H groups in total. The zero-order valence-electron chi connectivity index (χ0n) is 10.3. The molecule has 7 heteroatoms. The van der Waals surface area contributed by atoms with Crippen LogP contribution >= 0.6 is 11.3 Å². The van der Waals surface area contributed by atoms with Crippen molar-refractivity contribution in [2.24, 2.45) is 0 Å². The van der Waals surface area contributed by atoms with Crippen molar-refractivity contribution in [1.29, 1.82) is 0 Å². The van der Waals surface area contributed by atoms with Crippen molar-refractivity contribution in [1.82, 2.24) is 4.98 Å². The van der Waals surface area contributed by atoms with Gasteiger partial charge in [0, 0.05) is 18.3 Å². The average Bonchev–Trinajstić information content (AvgIpc) is 2.56. The Kier molecular flexibility index (Phi) is 4.05. The number of aromatic nitrogens is 1. The topological polar surface area (TPSA) is 50.2 Å². The molecule has 0 atom stereocenters. The number of carboxylic acids is 1. The Morgan fingerprint density at radius 3 is 2.22 bits per heavy atom. The van der Waals surface area contributed by atoms with Gasteiger partial charge in [-0.2, -0.15) is 13.2 Å². The SMILES string of the molecule is CC(C)(C)c1nc(CCC(F)(F)F)sc1C(=O)O. The van der Waals surface area contributed by atoms with Gasteiger partial charge in [0.1, 0.15) is 4.88 Å². The number of carbonyl (C=O) groups is 1. The van der Waals surface area contributed by atoms with Crippen LogP contribution in [0.1, 0.15) is 47.6 Å². The van der Waals surface area contributed by atoms with Gasteiger partial charge in [0.2, 0.25) is 0 Å². The monoisotopic (exact) mass is 281 g/mol. The maximum absolute atomic E-state index is 12.1. The van der Waals surface area contributed by atoms with Gasteiger partial charge in [0.15, 0.2) is 0 Å². The summed E-state index contributed by atoms with van der Waals surface area (Å²) in [6, 6.07) is 0. The summed E-state index contributed by atoms with van der Waals surface area (Å²) in [4.78, 5) is 15.1. The van der Waals surface area contributed by atoms with Gasteiger partial charge < -0.3 is 5.11 Å². The lowest BCUT2D eigenvalue weighted by atomic mass is 9.91. The van der Waals surface area contributed by atoms with E-state index in [-0.39, 0.29) is 16.3 Å². The molecule has 0 aliphatic rings. The number of alkyl halides is 3. The smallest absolute Gasteiger partial charge is 0.389 e. The summed E-state index contributed by atoms with van der Waals surface area (Å²) < 4.78 is 36.3. The molecule has 0 aliphatic heterocycles. The van der Waals surface area contributed by atoms with Crippen molar-refractivity contribution >= 4 is 17.3 Å². The van der Waals surface area contributed by atoms with E-state index in [9.17, 15) is 18.0 Å². The third-order valence-corrected chi connectivity index (χ3v) is 3.30. The van der Waals surface area contributed by atoms with E-state index >= 15 is 0 Å². The molecule has 0 unspecified atom stereocenters. The van der Waals surface area contributed by atoms with Gasteiger partial charge >= 0.3 is 12.1 Å². The van der Waals surface area contributed by atoms with E-state index in [0.717, 1.165) is 11.3 Å². The molecule has 1 aromatic heterocycles. The second-order valence-electron chi connectivity index (χ2n) is 4.96. The molecule has 0 radical (unpaired) electrons. The van der Waals surface area contributed by atoms with Gasteiger partial charge in [-0.25, -0.2) is 9.78 Å². The van der Waals surface area contributed by atoms with Crippen molar-refractivity contribution in [3.63, 3.8) is 0 Å². The van der Waals surface area contributed by atoms with E-state index in [2.05, 4.69) is 4.98 Å². The van der Waals surface area contributed by atoms with E-state index in [1.165, 1.54) is 0 Å². The van der Waals surface area contributed by atoms with Crippen LogP contribution in [0.3, 0.4) is 0 Å². The number of halogens is 3. The predicted molar refractivity (Wildman–Crippen MR) is 62.1 cm³/mol. The van der Waals surface area contributed by atoms with Gasteiger partial charge in [0.05, 0.1) is 10.7 Å². The van der Waals surface area contributed by atoms with E-state index in [1.807, 2.05) is 0 Å². The number of aromatic carboxylic acids is 1. The molecule has 18 heavy (non-hydrogen) atoms. The summed E-state index contributed by atoms with van der Waals surface area (Å²) in [5.41, 5.74) is -0.155. The number of aryl methyl sites for hydroxylation is 1. The third kappa shape index (κ3) is 3.97. The lowest BCUT2D eigenvalue weighted by Gasteiger charge is -2.16. The highest BCUT2D eigenvalue weighted by molar-refractivity contribution is 7.13. The Bertz CT molecular complexity index is 446. The molecule has 1 aromatic rings. The third-order valence-electron chi connectivity index (χ3n) is 2.20. The van der Waals surface area contributed by atoms with E-state index in [4.69, 9.17) is 5.11 Å². The number of carboxylic acid groups (broad SMARTS) is 1. The number of thiazole rings is 1. The standard InChI is InChI=1S/C11H14F3NO2S/c1-10(2,3)8-7(9(16)17)18-6(15-8)4-5-11(12,13)14/h4-5H2,1-3H3,(H,16,17). The minimum atomic E-state index is -4.25. The van der Waals surface area contributed by atoms with Gasteiger partial charge in [-0.3, -0.25) is 0 Å². The Hall–Kier alpha value is -1.11. The quantitative estimate of drug-likeness (QED) is 0.920. The molecule has 1 rings (SSSR count). The first-order valence-corrected chi connectivity index (χ1v) is 6.12. The van der Waals surface area contributed by atoms with E-state index in [0.29, 0.717) is 5.69 Å². The van der Waals surface area contributed by atoms with Crippen LogP contribution in [0, 0.1) is 0 Å². The van der Waals surface area contributed by atoms with Crippen LogP contribution < -0.4 is 0 Å². The van der Waals surface area contributed by atoms with Crippen molar-refractivity contribution < 1.29 is 23.1 Å². The molecule has 0 bridgehead atoms. The molecule has 3 nitrogen and oxygen atoms in total. The first-order chi connectivity index (χ1) is 8.00. The summed E-state index contributed by atoms with van der Waals surface area (Å²) in [6.07, 6.45) is -5.51. The molecule has 0 fully saturated rings. The summed E-state index contributed by atoms with van der Waals surface area (Å²) in [5.74, 6) is -1.14. The summed E-state index contributed by atoms with van der Waals surface area (Å²) in [5, 5.41) is 9.24. The van der Waals surface area contributed by atoms with Gasteiger partial charge in [0.25, 0.3) is 0 Å². The highest BCUT2D eigenvalue weighted by Crippen LogP contribution is 2.31. The van der Waals surface area contributed by atoms with Gasteiger partial charge in [-0.1, -0.05) is 20.8 Å². The molecule has 0 saturated carbocycles. The molecule has 0 aliphatic carbocycles. The lowest BCUT2D eigenvalue weighted by Crippen LogP contribution is -2.16. The van der Waals surface area contributed by atoms with Crippen molar-refractivity contribution in [3.8, 4) is 0 Å². The molecule has 1 heterocycles. The van der Waals surface area contributed by atoms with Crippen LogP contribution in [0.5, 0.6) is 0 Å². The Labute approximate surface area is 107 Å². The second-order valence-corrected chi connectivity index (χ2v) is 6.04. The van der Waals surface area contributed by atoms with Crippen molar-refractivity contribution in [2.45, 2.75) is 45.2 Å². The molecule has 0 aromatic carbocycles. The van der Waals surface area contributed by atoms with Crippen LogP contribution in [0.15, 0.2) is 0 Å². The minimum Gasteiger partial charge on any atom is -0.477 e. The fraction of sp³-hybridized carbons (Fsp3) is 0.636. The highest BCUT2D eigenvalue weighted by atomic mass is 32.1. The largest absolute Gasteiger partial charge is 0.477 e. The second kappa shape index (κ2) is 4.87. The summed E-state index contributed by atoms with van der Waals surface area (Å²) in [7, 11) is 0. The Morgan fingerprint density at radius 2 is 1.89 bits per heavy atom. The molecular weight excluding hydrogens is 267 g/mol. The Morgan fingerprint density at radius 1 is 1.33 bits per heavy atom. The van der Waals surface area contributed by atoms with Crippen molar-refractivity contribution in [3.05, 3.63) is 15.6 Å². The first kappa shape index (κ1) is 14.9. The molecule has 0 spiro atoms. The predicted octanol–water partition coefficient (Wildman–Crippen LogP) is 3.63. The number of rotatable bonds is 3. The number of hydrogen-bond acceptors (Lipinski definition) is 3. The maximum Gasteiger partial charge on any atom is 0.389 e. The van der Waals surface area contributed by atoms with Crippen LogP contribution in [0.25, 0.3) is 0 Å². The fourth-order valence-electron chi connectivity index (χ4n) is 1.37. The number of nitrogens with zero attached hydrogens (tertiary/aromatic N) is 1. The van der Waals surface area contributed by atoms with Crippen LogP contribution in [-0.2, 0) is 11.8 Å². The van der Waals surface area contributed by atoms with Gasteiger partial charge in [-0.15, -0.1) is 11.3 Å². The van der Waals surface area contributed by atoms with Crippen LogP contribution in [0.2, 0.25) is 0 Å². The zero-order valence-corrected chi connectivity index (χ0v) is 11.1. The molecular formula is C11H14F3NO2S. The Balaban J connectivity index is 3.00. The minimum absolute atomic E-state index is 0.0275. The van der Waals surface area contributed by atoms with Gasteiger partial charge in [-0.05, 0) is 0 Å². The fourth-order valence-corrected chi connectivity index (χ4v) is 2.49. The molecule has 102 valence electrons. The lowest BCUT2D eigenvalue weighted by molar-refractivity contribution is -0.134. The van der Waals surface area contributed by atoms with E-state index in [1.54, 1.807) is 20.8 Å².